The van der Waals surface area contributed by atoms with Gasteiger partial charge in [0.1, 0.15) is 11.0 Å². The average Bonchev–Trinajstić information content (AvgIpc) is 3.18. The number of hydrogen-bond acceptors (Lipinski definition) is 6. The van der Waals surface area contributed by atoms with Crippen molar-refractivity contribution in [3.05, 3.63) is 64.3 Å². The Morgan fingerprint density at radius 3 is 2.78 bits per heavy atom. The van der Waals surface area contributed by atoms with Crippen molar-refractivity contribution < 1.29 is 22.4 Å². The molecule has 2 aliphatic rings. The SMILES string of the molecule is O=C(c1oc(C2CC2)nc1C(F)(F)F)N1CCc2[nH]cnc2[C@H]1c1nc2ccccc2s1. The van der Waals surface area contributed by atoms with Crippen molar-refractivity contribution in [2.45, 2.75) is 37.4 Å². The second-order valence-corrected chi connectivity index (χ2v) is 9.00. The van der Waals surface area contributed by atoms with E-state index in [0.717, 1.165) is 15.9 Å². The van der Waals surface area contributed by atoms with Gasteiger partial charge >= 0.3 is 6.18 Å². The minimum absolute atomic E-state index is 0.0188. The number of rotatable bonds is 3. The molecule has 4 heterocycles. The number of aromatic nitrogens is 4. The Kier molecular flexibility index (Phi) is 4.19. The second kappa shape index (κ2) is 6.89. The summed E-state index contributed by atoms with van der Waals surface area (Å²) in [5, 5.41) is 0.586. The molecule has 11 heteroatoms. The number of thiazole rings is 1. The summed E-state index contributed by atoms with van der Waals surface area (Å²) in [7, 11) is 0. The van der Waals surface area contributed by atoms with Crippen LogP contribution in [0.3, 0.4) is 0 Å². The number of carbonyl (C=O) groups excluding carboxylic acids is 1. The van der Waals surface area contributed by atoms with Crippen LogP contribution in [0.1, 0.15) is 63.3 Å². The Morgan fingerprint density at radius 1 is 1.22 bits per heavy atom. The molecular weight excluding hydrogens is 443 g/mol. The molecule has 0 saturated heterocycles. The molecule has 1 fully saturated rings. The monoisotopic (exact) mass is 459 g/mol. The summed E-state index contributed by atoms with van der Waals surface area (Å²) in [5.41, 5.74) is 0.916. The van der Waals surface area contributed by atoms with Gasteiger partial charge in [-0.15, -0.1) is 11.3 Å². The fourth-order valence-corrected chi connectivity index (χ4v) is 5.15. The molecule has 1 amide bonds. The molecule has 7 nitrogen and oxygen atoms in total. The Hall–Kier alpha value is -3.21. The fraction of sp³-hybridized carbons (Fsp3) is 0.333. The smallest absolute Gasteiger partial charge is 0.435 e. The number of aromatic amines is 1. The minimum Gasteiger partial charge on any atom is -0.435 e. The van der Waals surface area contributed by atoms with Crippen molar-refractivity contribution in [2.24, 2.45) is 0 Å². The van der Waals surface area contributed by atoms with Crippen LogP contribution < -0.4 is 0 Å². The van der Waals surface area contributed by atoms with E-state index in [-0.39, 0.29) is 18.4 Å². The number of nitrogens with zero attached hydrogens (tertiary/aromatic N) is 4. The van der Waals surface area contributed by atoms with Gasteiger partial charge in [0.2, 0.25) is 5.76 Å². The molecule has 1 aliphatic carbocycles. The molecular formula is C21H16F3N5O2S. The van der Waals surface area contributed by atoms with Gasteiger partial charge in [-0.3, -0.25) is 4.79 Å². The number of carbonyl (C=O) groups is 1. The van der Waals surface area contributed by atoms with Gasteiger partial charge in [-0.1, -0.05) is 12.1 Å². The lowest BCUT2D eigenvalue weighted by atomic mass is 10.0. The molecule has 4 aromatic rings. The van der Waals surface area contributed by atoms with Crippen LogP contribution in [-0.4, -0.2) is 37.3 Å². The third-order valence-corrected chi connectivity index (χ3v) is 6.85. The first-order valence-electron chi connectivity index (χ1n) is 10.2. The maximum absolute atomic E-state index is 13.7. The van der Waals surface area contributed by atoms with Gasteiger partial charge in [0.15, 0.2) is 11.6 Å². The number of para-hydroxylation sites is 1. The number of H-pyrrole nitrogens is 1. The fourth-order valence-electron chi connectivity index (χ4n) is 4.06. The summed E-state index contributed by atoms with van der Waals surface area (Å²) in [6.07, 6.45) is -1.41. The Bertz CT molecular complexity index is 1300. The summed E-state index contributed by atoms with van der Waals surface area (Å²) in [6.45, 7) is 0.200. The summed E-state index contributed by atoms with van der Waals surface area (Å²) in [6, 6.07) is 6.80. The normalized spacial score (nSPS) is 18.8. The Morgan fingerprint density at radius 2 is 2.03 bits per heavy atom. The summed E-state index contributed by atoms with van der Waals surface area (Å²) < 4.78 is 47.4. The van der Waals surface area contributed by atoms with Gasteiger partial charge in [0.25, 0.3) is 5.91 Å². The minimum atomic E-state index is -4.79. The van der Waals surface area contributed by atoms with Crippen molar-refractivity contribution >= 4 is 27.5 Å². The topological polar surface area (TPSA) is 87.9 Å². The number of benzene rings is 1. The molecule has 164 valence electrons. The highest BCUT2D eigenvalue weighted by Gasteiger charge is 2.46. The first-order chi connectivity index (χ1) is 15.4. The van der Waals surface area contributed by atoms with E-state index in [1.807, 2.05) is 24.3 Å². The van der Waals surface area contributed by atoms with E-state index in [9.17, 15) is 18.0 Å². The highest BCUT2D eigenvalue weighted by Crippen LogP contribution is 2.44. The van der Waals surface area contributed by atoms with E-state index >= 15 is 0 Å². The summed E-state index contributed by atoms with van der Waals surface area (Å²) in [5.74, 6) is -1.79. The van der Waals surface area contributed by atoms with Gasteiger partial charge < -0.3 is 14.3 Å². The molecule has 6 rings (SSSR count). The van der Waals surface area contributed by atoms with Gasteiger partial charge in [0.05, 0.1) is 22.2 Å². The van der Waals surface area contributed by atoms with Crippen LogP contribution in [0.5, 0.6) is 0 Å². The van der Waals surface area contributed by atoms with Crippen molar-refractivity contribution in [3.63, 3.8) is 0 Å². The van der Waals surface area contributed by atoms with E-state index in [1.165, 1.54) is 22.6 Å². The first kappa shape index (κ1) is 19.5. The standard InChI is InChI=1S/C21H16F3N5O2S/c22-21(23,24)17-16(31-18(28-17)10-5-6-10)20(30)29-8-7-12-14(26-9-25-12)15(29)19-27-11-3-1-2-4-13(11)32-19/h1-4,9-10,15H,5-8H2,(H,25,26)/t15-/m0/s1. The number of hydrogen-bond donors (Lipinski definition) is 1. The largest absolute Gasteiger partial charge is 0.437 e. The highest BCUT2D eigenvalue weighted by molar-refractivity contribution is 7.18. The molecule has 1 atom stereocenters. The molecule has 32 heavy (non-hydrogen) atoms. The quantitative estimate of drug-likeness (QED) is 0.480. The number of oxazole rings is 1. The van der Waals surface area contributed by atoms with Crippen LogP contribution in [0.15, 0.2) is 35.0 Å². The van der Waals surface area contributed by atoms with Crippen LogP contribution in [0.4, 0.5) is 13.2 Å². The maximum Gasteiger partial charge on any atom is 0.437 e. The average molecular weight is 459 g/mol. The van der Waals surface area contributed by atoms with Crippen molar-refractivity contribution in [1.29, 1.82) is 0 Å². The second-order valence-electron chi connectivity index (χ2n) is 7.94. The van der Waals surface area contributed by atoms with Crippen LogP contribution in [-0.2, 0) is 12.6 Å². The molecule has 0 spiro atoms. The number of imidazole rings is 1. The molecule has 0 bridgehead atoms. The Balaban J connectivity index is 1.46. The summed E-state index contributed by atoms with van der Waals surface area (Å²) >= 11 is 1.39. The zero-order chi connectivity index (χ0) is 22.0. The van der Waals surface area contributed by atoms with Crippen LogP contribution >= 0.6 is 11.3 Å². The lowest BCUT2D eigenvalue weighted by Gasteiger charge is -2.33. The van der Waals surface area contributed by atoms with Crippen molar-refractivity contribution in [2.75, 3.05) is 6.54 Å². The Labute approximate surface area is 183 Å². The molecule has 0 radical (unpaired) electrons. The number of fused-ring (bicyclic) bond motifs is 2. The third kappa shape index (κ3) is 3.10. The summed E-state index contributed by atoms with van der Waals surface area (Å²) in [4.78, 5) is 30.6. The zero-order valence-corrected chi connectivity index (χ0v) is 17.3. The first-order valence-corrected chi connectivity index (χ1v) is 11.0. The molecule has 1 saturated carbocycles. The van der Waals surface area contributed by atoms with Crippen LogP contribution in [0.25, 0.3) is 10.2 Å². The van der Waals surface area contributed by atoms with Crippen molar-refractivity contribution in [3.8, 4) is 0 Å². The van der Waals surface area contributed by atoms with E-state index in [2.05, 4.69) is 19.9 Å². The van der Waals surface area contributed by atoms with E-state index in [4.69, 9.17) is 4.42 Å². The molecule has 1 aliphatic heterocycles. The van der Waals surface area contributed by atoms with Gasteiger partial charge in [0, 0.05) is 24.6 Å². The van der Waals surface area contributed by atoms with Crippen LogP contribution in [0.2, 0.25) is 0 Å². The van der Waals surface area contributed by atoms with E-state index < -0.39 is 29.6 Å². The lowest BCUT2D eigenvalue weighted by molar-refractivity contribution is -0.141. The molecule has 0 unspecified atom stereocenters. The molecule has 3 aromatic heterocycles. The number of nitrogens with one attached hydrogen (secondary N) is 1. The van der Waals surface area contributed by atoms with Gasteiger partial charge in [-0.25, -0.2) is 15.0 Å². The predicted octanol–water partition coefficient (Wildman–Crippen LogP) is 4.69. The number of halogens is 3. The van der Waals surface area contributed by atoms with Gasteiger partial charge in [-0.2, -0.15) is 13.2 Å². The number of amides is 1. The molecule has 1 N–H and O–H groups in total. The lowest BCUT2D eigenvalue weighted by Crippen LogP contribution is -2.41. The van der Waals surface area contributed by atoms with E-state index in [0.29, 0.717) is 30.0 Å². The highest BCUT2D eigenvalue weighted by atomic mass is 32.1. The zero-order valence-electron chi connectivity index (χ0n) is 16.5. The van der Waals surface area contributed by atoms with Gasteiger partial charge in [-0.05, 0) is 25.0 Å². The van der Waals surface area contributed by atoms with E-state index in [1.54, 1.807) is 0 Å². The maximum atomic E-state index is 13.7. The predicted molar refractivity (Wildman–Crippen MR) is 108 cm³/mol. The third-order valence-electron chi connectivity index (χ3n) is 5.76. The van der Waals surface area contributed by atoms with Crippen molar-refractivity contribution in [1.82, 2.24) is 24.8 Å². The van der Waals surface area contributed by atoms with Crippen LogP contribution in [0, 0.1) is 0 Å². The molecule has 1 aromatic carbocycles. The number of alkyl halides is 3.